The second kappa shape index (κ2) is 16.7. The number of nitrogens with zero attached hydrogens (tertiary/aromatic N) is 5. The van der Waals surface area contributed by atoms with Crippen LogP contribution in [0.4, 0.5) is 5.69 Å². The number of nitro groups is 1. The minimum absolute atomic E-state index is 0.00761. The third-order valence-corrected chi connectivity index (χ3v) is 10.6. The lowest BCUT2D eigenvalue weighted by Gasteiger charge is -2.16. The highest BCUT2D eigenvalue weighted by molar-refractivity contribution is 7.11. The van der Waals surface area contributed by atoms with E-state index in [0.29, 0.717) is 39.5 Å². The van der Waals surface area contributed by atoms with Crippen LogP contribution in [-0.4, -0.2) is 28.0 Å². The van der Waals surface area contributed by atoms with Crippen LogP contribution in [0.1, 0.15) is 33.2 Å². The van der Waals surface area contributed by atoms with Crippen molar-refractivity contribution in [2.45, 2.75) is 12.1 Å². The molecule has 0 radical (unpaired) electrons. The van der Waals surface area contributed by atoms with Crippen LogP contribution >= 0.6 is 22.7 Å². The average Bonchev–Trinajstić information content (AvgIpc) is 4.05. The van der Waals surface area contributed by atoms with Gasteiger partial charge in [-0.1, -0.05) is 72.8 Å². The number of hydrazine groups is 2. The van der Waals surface area contributed by atoms with Crippen molar-refractivity contribution in [1.29, 1.82) is 10.5 Å². The van der Waals surface area contributed by atoms with E-state index in [-0.39, 0.29) is 29.6 Å². The summed E-state index contributed by atoms with van der Waals surface area (Å²) in [5.41, 5.74) is 16.4. The molecular weight excluding hydrogens is 723 g/mol. The molecule has 2 saturated heterocycles. The monoisotopic (exact) mass is 753 g/mol. The molecule has 8 rings (SSSR count). The minimum Gasteiger partial charge on any atom is -0.422 e. The summed E-state index contributed by atoms with van der Waals surface area (Å²) in [5.74, 6) is 0.0886. The van der Waals surface area contributed by atoms with Gasteiger partial charge in [-0.3, -0.25) is 21.0 Å². The Morgan fingerprint density at radius 1 is 0.852 bits per heavy atom. The van der Waals surface area contributed by atoms with Crippen molar-refractivity contribution in [3.8, 4) is 23.4 Å². The first-order valence-electron chi connectivity index (χ1n) is 16.8. The zero-order valence-electron chi connectivity index (χ0n) is 28.4. The summed E-state index contributed by atoms with van der Waals surface area (Å²) in [6.45, 7) is 1.33. The first-order valence-corrected chi connectivity index (χ1v) is 18.6. The molecule has 4 atom stereocenters. The number of benzene rings is 3. The van der Waals surface area contributed by atoms with E-state index in [4.69, 9.17) is 4.42 Å². The number of nitrogens with one attached hydrogen (secondary N) is 4. The lowest BCUT2D eigenvalue weighted by molar-refractivity contribution is -0.384. The third kappa shape index (κ3) is 8.07. The molecule has 2 fully saturated rings. The van der Waals surface area contributed by atoms with Gasteiger partial charge in [-0.25, -0.2) is 25.6 Å². The van der Waals surface area contributed by atoms with E-state index in [1.54, 1.807) is 35.8 Å². The standard InChI is InChI=1S/C24H17N5O4S.C15H14N4S/c25-11-16(8-17-12-26-28-22(17)15-5-3-6-18(9-15)29(31)32)23-27-20(13-34-23)19-10-14-4-1-2-7-21(14)33-24(19)30;16-9-12(15-17-6-7-20-15)8-13-10-18-19-14(13)11-4-2-1-3-5-11/h1-10,13,17,22,26,28H,12H2;1-8,13-14,18-19H,10H2/b16-8+;12-8+. The van der Waals surface area contributed by atoms with E-state index in [1.807, 2.05) is 53.9 Å². The maximum absolute atomic E-state index is 12.5. The van der Waals surface area contributed by atoms with Crippen molar-refractivity contribution in [3.05, 3.63) is 156 Å². The summed E-state index contributed by atoms with van der Waals surface area (Å²) in [7, 11) is 0. The van der Waals surface area contributed by atoms with Gasteiger partial charge >= 0.3 is 5.63 Å². The van der Waals surface area contributed by atoms with E-state index in [2.05, 4.69) is 55.9 Å². The van der Waals surface area contributed by atoms with Crippen LogP contribution < -0.4 is 27.3 Å². The SMILES string of the molecule is N#C/C(=C\C1CNNC1c1cccc([N+](=O)[O-])c1)c1nc(-c2cc3ccccc3oc2=O)cs1.N#C/C(=C\C1CNNC1c1ccccc1)c1nccs1. The lowest BCUT2D eigenvalue weighted by Crippen LogP contribution is -2.24. The molecule has 0 amide bonds. The molecule has 0 aliphatic carbocycles. The molecule has 3 aromatic carbocycles. The summed E-state index contributed by atoms with van der Waals surface area (Å²) in [5, 5.41) is 36.0. The summed E-state index contributed by atoms with van der Waals surface area (Å²) >= 11 is 2.76. The molecule has 0 spiro atoms. The Hall–Kier alpha value is -6.17. The minimum atomic E-state index is -0.493. The van der Waals surface area contributed by atoms with Gasteiger partial charge in [-0.2, -0.15) is 10.5 Å². The average molecular weight is 754 g/mol. The fourth-order valence-electron chi connectivity index (χ4n) is 6.35. The van der Waals surface area contributed by atoms with Gasteiger partial charge in [-0.05, 0) is 23.3 Å². The first kappa shape index (κ1) is 36.2. The molecular formula is C39H31N9O4S2. The molecule has 54 heavy (non-hydrogen) atoms. The molecule has 4 unspecified atom stereocenters. The molecule has 0 saturated carbocycles. The molecule has 268 valence electrons. The summed E-state index contributed by atoms with van der Waals surface area (Å²) < 4.78 is 5.41. The molecule has 2 aliphatic heterocycles. The van der Waals surface area contributed by atoms with Gasteiger partial charge in [0.25, 0.3) is 5.69 Å². The molecule has 0 bridgehead atoms. The van der Waals surface area contributed by atoms with Crippen LogP contribution in [-0.2, 0) is 0 Å². The highest BCUT2D eigenvalue weighted by atomic mass is 32.1. The molecule has 6 aromatic rings. The lowest BCUT2D eigenvalue weighted by atomic mass is 9.93. The van der Waals surface area contributed by atoms with Crippen LogP contribution in [0.25, 0.3) is 33.4 Å². The predicted octanol–water partition coefficient (Wildman–Crippen LogP) is 6.71. The van der Waals surface area contributed by atoms with Gasteiger partial charge in [0.2, 0.25) is 0 Å². The number of allylic oxidation sites excluding steroid dienone is 2. The van der Waals surface area contributed by atoms with Crippen molar-refractivity contribution in [2.75, 3.05) is 13.1 Å². The second-order valence-electron chi connectivity index (χ2n) is 12.3. The maximum Gasteiger partial charge on any atom is 0.345 e. The molecule has 4 N–H and O–H groups in total. The Morgan fingerprint density at radius 3 is 2.20 bits per heavy atom. The van der Waals surface area contributed by atoms with Crippen LogP contribution in [0.2, 0.25) is 0 Å². The number of hydrogen-bond acceptors (Lipinski definition) is 14. The smallest absolute Gasteiger partial charge is 0.345 e. The van der Waals surface area contributed by atoms with E-state index >= 15 is 0 Å². The van der Waals surface area contributed by atoms with Crippen molar-refractivity contribution in [2.24, 2.45) is 11.8 Å². The molecule has 5 heterocycles. The van der Waals surface area contributed by atoms with Crippen LogP contribution in [0.3, 0.4) is 0 Å². The van der Waals surface area contributed by atoms with Crippen LogP contribution in [0, 0.1) is 44.6 Å². The number of non-ortho nitro benzene ring substituents is 1. The van der Waals surface area contributed by atoms with E-state index in [1.165, 1.54) is 40.4 Å². The first-order chi connectivity index (χ1) is 26.4. The zero-order chi connectivity index (χ0) is 37.4. The Labute approximate surface area is 317 Å². The number of rotatable bonds is 8. The molecule has 2 aliphatic rings. The Balaban J connectivity index is 0.000000191. The summed E-state index contributed by atoms with van der Waals surface area (Å²) in [6, 6.07) is 30.0. The Bertz CT molecular complexity index is 2480. The van der Waals surface area contributed by atoms with Gasteiger partial charge in [0.1, 0.15) is 27.7 Å². The largest absolute Gasteiger partial charge is 0.422 e. The summed E-state index contributed by atoms with van der Waals surface area (Å²) in [6.07, 6.45) is 5.55. The van der Waals surface area contributed by atoms with Crippen molar-refractivity contribution in [3.63, 3.8) is 0 Å². The van der Waals surface area contributed by atoms with Crippen LogP contribution in [0.15, 0.2) is 123 Å². The number of aromatic nitrogens is 2. The van der Waals surface area contributed by atoms with Gasteiger partial charge in [0, 0.05) is 59.4 Å². The highest BCUT2D eigenvalue weighted by Crippen LogP contribution is 2.33. The highest BCUT2D eigenvalue weighted by Gasteiger charge is 2.29. The normalized spacial score (nSPS) is 19.8. The topological polar surface area (TPSA) is 195 Å². The quantitative estimate of drug-likeness (QED) is 0.0556. The maximum atomic E-state index is 12.5. The molecule has 13 nitrogen and oxygen atoms in total. The van der Waals surface area contributed by atoms with Crippen molar-refractivity contribution in [1.82, 2.24) is 31.7 Å². The number of nitro benzene ring substituents is 1. The fraction of sp³-hybridized carbons (Fsp3) is 0.154. The predicted molar refractivity (Wildman–Crippen MR) is 207 cm³/mol. The van der Waals surface area contributed by atoms with Crippen molar-refractivity contribution < 1.29 is 9.34 Å². The van der Waals surface area contributed by atoms with E-state index < -0.39 is 10.5 Å². The van der Waals surface area contributed by atoms with Crippen molar-refractivity contribution >= 4 is 50.5 Å². The van der Waals surface area contributed by atoms with Gasteiger partial charge in [-0.15, -0.1) is 22.7 Å². The number of thiazole rings is 2. The van der Waals surface area contributed by atoms with Gasteiger partial charge in [0.05, 0.1) is 39.4 Å². The number of nitriles is 2. The Morgan fingerprint density at radius 2 is 1.52 bits per heavy atom. The number of para-hydroxylation sites is 1. The number of fused-ring (bicyclic) bond motifs is 1. The zero-order valence-corrected chi connectivity index (χ0v) is 30.0. The van der Waals surface area contributed by atoms with E-state index in [0.717, 1.165) is 22.5 Å². The number of hydrogen-bond donors (Lipinski definition) is 4. The molecule has 3 aromatic heterocycles. The third-order valence-electron chi connectivity index (χ3n) is 8.96. The Kier molecular flexibility index (Phi) is 11.2. The van der Waals surface area contributed by atoms with Gasteiger partial charge in [0.15, 0.2) is 0 Å². The van der Waals surface area contributed by atoms with E-state index in [9.17, 15) is 25.4 Å². The second-order valence-corrected chi connectivity index (χ2v) is 14.1. The molecule has 15 heteroatoms. The summed E-state index contributed by atoms with van der Waals surface area (Å²) in [4.78, 5) is 32.0. The van der Waals surface area contributed by atoms with Gasteiger partial charge < -0.3 is 4.42 Å². The van der Waals surface area contributed by atoms with Crippen LogP contribution in [0.5, 0.6) is 0 Å². The fourth-order valence-corrected chi connectivity index (χ4v) is 7.75.